The lowest BCUT2D eigenvalue weighted by Gasteiger charge is -2.20. The summed E-state index contributed by atoms with van der Waals surface area (Å²) < 4.78 is 6.78. The molecule has 1 atom stereocenters. The first-order chi connectivity index (χ1) is 9.50. The molecule has 0 amide bonds. The van der Waals surface area contributed by atoms with Crippen molar-refractivity contribution in [2.75, 3.05) is 0 Å². The zero-order valence-corrected chi connectivity index (χ0v) is 11.1. The third kappa shape index (κ3) is 2.69. The van der Waals surface area contributed by atoms with Crippen molar-refractivity contribution in [2.24, 2.45) is 7.05 Å². The van der Waals surface area contributed by atoms with Gasteiger partial charge in [-0.25, -0.2) is 0 Å². The minimum atomic E-state index is -0.889. The second-order valence-corrected chi connectivity index (χ2v) is 4.30. The summed E-state index contributed by atoms with van der Waals surface area (Å²) in [6.45, 7) is 1.27. The number of aryl methyl sites for hydroxylation is 1. The maximum Gasteiger partial charge on any atom is 0.303 e. The van der Waals surface area contributed by atoms with E-state index in [0.29, 0.717) is 5.56 Å². The molecule has 1 unspecified atom stereocenters. The molecular formula is C14H14N2O4. The van der Waals surface area contributed by atoms with Crippen molar-refractivity contribution in [1.82, 2.24) is 9.55 Å². The monoisotopic (exact) mass is 274 g/mol. The van der Waals surface area contributed by atoms with Gasteiger partial charge in [0.1, 0.15) is 5.69 Å². The molecule has 0 saturated carbocycles. The Morgan fingerprint density at radius 3 is 2.80 bits per heavy atom. The molecule has 0 aromatic carbocycles. The van der Waals surface area contributed by atoms with E-state index in [0.717, 1.165) is 0 Å². The standard InChI is InChI=1S/C14H14N2O4/c1-9(17)20-14(10-4-3-6-15-8-10)12-13(19)11(18)5-7-16(12)2/h3-8,14,19H,1-2H3. The van der Waals surface area contributed by atoms with Crippen LogP contribution < -0.4 is 5.43 Å². The van der Waals surface area contributed by atoms with Gasteiger partial charge < -0.3 is 14.4 Å². The zero-order chi connectivity index (χ0) is 14.7. The highest BCUT2D eigenvalue weighted by molar-refractivity contribution is 5.67. The number of hydrogen-bond acceptors (Lipinski definition) is 5. The van der Waals surface area contributed by atoms with E-state index in [4.69, 9.17) is 4.74 Å². The molecule has 0 aliphatic heterocycles. The quantitative estimate of drug-likeness (QED) is 0.849. The molecule has 0 aliphatic rings. The van der Waals surface area contributed by atoms with Gasteiger partial charge in [0.15, 0.2) is 11.9 Å². The largest absolute Gasteiger partial charge is 0.503 e. The molecular weight excluding hydrogens is 260 g/mol. The minimum Gasteiger partial charge on any atom is -0.503 e. The summed E-state index contributed by atoms with van der Waals surface area (Å²) in [7, 11) is 1.65. The van der Waals surface area contributed by atoms with Crippen molar-refractivity contribution in [3.63, 3.8) is 0 Å². The van der Waals surface area contributed by atoms with E-state index >= 15 is 0 Å². The van der Waals surface area contributed by atoms with Crippen molar-refractivity contribution >= 4 is 5.97 Å². The molecule has 6 nitrogen and oxygen atoms in total. The number of ether oxygens (including phenoxy) is 1. The molecule has 6 heteroatoms. The van der Waals surface area contributed by atoms with E-state index in [-0.39, 0.29) is 5.69 Å². The first kappa shape index (κ1) is 13.8. The Morgan fingerprint density at radius 2 is 2.20 bits per heavy atom. The number of hydrogen-bond donors (Lipinski definition) is 1. The normalized spacial score (nSPS) is 11.9. The van der Waals surface area contributed by atoms with Gasteiger partial charge in [0, 0.05) is 44.2 Å². The topological polar surface area (TPSA) is 81.4 Å². The van der Waals surface area contributed by atoms with E-state index in [9.17, 15) is 14.7 Å². The Balaban J connectivity index is 2.61. The Kier molecular flexibility index (Phi) is 3.84. The summed E-state index contributed by atoms with van der Waals surface area (Å²) in [5, 5.41) is 9.98. The SMILES string of the molecule is CC(=O)OC(c1cccnc1)c1c(O)c(=O)ccn1C. The smallest absolute Gasteiger partial charge is 0.303 e. The van der Waals surface area contributed by atoms with Crippen LogP contribution in [0, 0.1) is 0 Å². The zero-order valence-electron chi connectivity index (χ0n) is 11.1. The fourth-order valence-corrected chi connectivity index (χ4v) is 1.92. The van der Waals surface area contributed by atoms with Gasteiger partial charge in [0.05, 0.1) is 0 Å². The van der Waals surface area contributed by atoms with Crippen molar-refractivity contribution in [2.45, 2.75) is 13.0 Å². The van der Waals surface area contributed by atoms with Crippen LogP contribution >= 0.6 is 0 Å². The number of aromatic hydroxyl groups is 1. The highest BCUT2D eigenvalue weighted by Crippen LogP contribution is 2.29. The van der Waals surface area contributed by atoms with Gasteiger partial charge in [-0.15, -0.1) is 0 Å². The van der Waals surface area contributed by atoms with E-state index in [2.05, 4.69) is 4.98 Å². The molecule has 2 rings (SSSR count). The molecule has 2 aromatic rings. The lowest BCUT2D eigenvalue weighted by atomic mass is 10.1. The molecule has 1 N–H and O–H groups in total. The molecule has 0 bridgehead atoms. The average Bonchev–Trinajstić information content (AvgIpc) is 2.43. The number of esters is 1. The van der Waals surface area contributed by atoms with Crippen LogP contribution in [0.4, 0.5) is 0 Å². The molecule has 2 heterocycles. The van der Waals surface area contributed by atoms with Gasteiger partial charge in [-0.1, -0.05) is 6.07 Å². The molecule has 0 aliphatic carbocycles. The van der Waals surface area contributed by atoms with Crippen LogP contribution in [0.15, 0.2) is 41.6 Å². The maximum atomic E-state index is 11.6. The summed E-state index contributed by atoms with van der Waals surface area (Å²) in [6, 6.07) is 4.63. The molecule has 104 valence electrons. The fraction of sp³-hybridized carbons (Fsp3) is 0.214. The average molecular weight is 274 g/mol. The molecule has 2 aromatic heterocycles. The number of carbonyl (C=O) groups excluding carboxylic acids is 1. The Bertz CT molecular complexity index is 679. The Hall–Kier alpha value is -2.63. The second-order valence-electron chi connectivity index (χ2n) is 4.30. The van der Waals surface area contributed by atoms with E-state index in [1.54, 1.807) is 25.4 Å². The van der Waals surface area contributed by atoms with Crippen LogP contribution in [0.3, 0.4) is 0 Å². The summed E-state index contributed by atoms with van der Waals surface area (Å²) in [6.07, 6.45) is 3.72. The van der Waals surface area contributed by atoms with Crippen LogP contribution in [-0.4, -0.2) is 20.6 Å². The molecule has 0 saturated heterocycles. The van der Waals surface area contributed by atoms with Gasteiger partial charge in [0.2, 0.25) is 5.43 Å². The van der Waals surface area contributed by atoms with E-state index < -0.39 is 23.3 Å². The third-order valence-electron chi connectivity index (χ3n) is 2.82. The first-order valence-corrected chi connectivity index (χ1v) is 5.96. The molecule has 20 heavy (non-hydrogen) atoms. The van der Waals surface area contributed by atoms with Crippen molar-refractivity contribution in [3.8, 4) is 5.75 Å². The molecule has 0 fully saturated rings. The third-order valence-corrected chi connectivity index (χ3v) is 2.82. The summed E-state index contributed by atoms with van der Waals surface area (Å²) in [4.78, 5) is 26.9. The van der Waals surface area contributed by atoms with Gasteiger partial charge in [-0.05, 0) is 6.07 Å². The number of rotatable bonds is 3. The highest BCUT2D eigenvalue weighted by Gasteiger charge is 2.24. The van der Waals surface area contributed by atoms with E-state index in [1.165, 1.54) is 30.0 Å². The Labute approximate surface area is 115 Å². The fourth-order valence-electron chi connectivity index (χ4n) is 1.92. The highest BCUT2D eigenvalue weighted by atomic mass is 16.5. The lowest BCUT2D eigenvalue weighted by molar-refractivity contribution is -0.145. The minimum absolute atomic E-state index is 0.209. The number of aromatic nitrogens is 2. The maximum absolute atomic E-state index is 11.6. The lowest BCUT2D eigenvalue weighted by Crippen LogP contribution is -2.18. The summed E-state index contributed by atoms with van der Waals surface area (Å²) >= 11 is 0. The predicted octanol–water partition coefficient (Wildman–Crippen LogP) is 1.14. The molecule has 0 radical (unpaired) electrons. The predicted molar refractivity (Wildman–Crippen MR) is 71.2 cm³/mol. The number of nitrogens with zero attached hydrogens (tertiary/aromatic N) is 2. The van der Waals surface area contributed by atoms with Crippen LogP contribution in [0.25, 0.3) is 0 Å². The van der Waals surface area contributed by atoms with Gasteiger partial charge >= 0.3 is 5.97 Å². The van der Waals surface area contributed by atoms with Crippen molar-refractivity contribution < 1.29 is 14.6 Å². The van der Waals surface area contributed by atoms with Crippen LogP contribution in [0.5, 0.6) is 5.75 Å². The van der Waals surface area contributed by atoms with Crippen molar-refractivity contribution in [3.05, 3.63) is 58.3 Å². The number of pyridine rings is 2. The second kappa shape index (κ2) is 5.56. The Morgan fingerprint density at radius 1 is 1.45 bits per heavy atom. The summed E-state index contributed by atoms with van der Waals surface area (Å²) in [5.74, 6) is -0.959. The van der Waals surface area contributed by atoms with Crippen molar-refractivity contribution in [1.29, 1.82) is 0 Å². The van der Waals surface area contributed by atoms with Crippen LogP contribution in [-0.2, 0) is 16.6 Å². The van der Waals surface area contributed by atoms with Gasteiger partial charge in [-0.2, -0.15) is 0 Å². The number of carbonyl (C=O) groups is 1. The molecule has 0 spiro atoms. The van der Waals surface area contributed by atoms with Gasteiger partial charge in [-0.3, -0.25) is 14.6 Å². The first-order valence-electron chi connectivity index (χ1n) is 5.96. The van der Waals surface area contributed by atoms with Gasteiger partial charge in [0.25, 0.3) is 0 Å². The van der Waals surface area contributed by atoms with E-state index in [1.807, 2.05) is 0 Å². The van der Waals surface area contributed by atoms with Crippen LogP contribution in [0.2, 0.25) is 0 Å². The van der Waals surface area contributed by atoms with Crippen LogP contribution in [0.1, 0.15) is 24.3 Å². The summed E-state index contributed by atoms with van der Waals surface area (Å²) in [5.41, 5.74) is 0.249.